The van der Waals surface area contributed by atoms with Gasteiger partial charge in [-0.3, -0.25) is 5.32 Å². The van der Waals surface area contributed by atoms with E-state index < -0.39 is 15.5 Å². The molecule has 0 aromatic heterocycles. The summed E-state index contributed by atoms with van der Waals surface area (Å²) in [6.07, 6.45) is -0.765. The summed E-state index contributed by atoms with van der Waals surface area (Å²) in [4.78, 5) is 12.0. The van der Waals surface area contributed by atoms with Gasteiger partial charge in [-0.15, -0.1) is 0 Å². The van der Waals surface area contributed by atoms with E-state index >= 15 is 0 Å². The number of anilines is 1. The zero-order chi connectivity index (χ0) is 17.4. The second-order valence-corrected chi connectivity index (χ2v) is 7.72. The van der Waals surface area contributed by atoms with Crippen molar-refractivity contribution in [2.24, 2.45) is 0 Å². The third kappa shape index (κ3) is 3.16. The molecule has 0 fully saturated rings. The Hall–Kier alpha value is -1.57. The van der Waals surface area contributed by atoms with Crippen LogP contribution in [-0.2, 0) is 10.3 Å². The molecule has 1 unspecified atom stereocenters. The first kappa shape index (κ1) is 17.3. The lowest BCUT2D eigenvalue weighted by molar-refractivity contribution is 0.0603. The number of carbonyl (C=O) groups is 1. The Morgan fingerprint density at radius 2 is 1.79 bits per heavy atom. The van der Waals surface area contributed by atoms with Gasteiger partial charge in [0.25, 0.3) is 0 Å². The van der Waals surface area contributed by atoms with Crippen LogP contribution in [0.5, 0.6) is 0 Å². The average Bonchev–Trinajstić information content (AvgIpc) is 2.53. The van der Waals surface area contributed by atoms with Crippen molar-refractivity contribution in [2.75, 3.05) is 5.32 Å². The number of hydrogen-bond acceptors (Lipinski definition) is 2. The first-order valence-corrected chi connectivity index (χ1v) is 8.28. The number of cyclic esters (lactones) is 1. The molecule has 0 saturated carbocycles. The Bertz CT molecular complexity index is 852. The summed E-state index contributed by atoms with van der Waals surface area (Å²) in [6.45, 7) is 0. The lowest BCUT2D eigenvalue weighted by atomic mass is 9.92. The van der Waals surface area contributed by atoms with E-state index in [0.717, 1.165) is 0 Å². The highest BCUT2D eigenvalue weighted by atomic mass is 35.6. The molecule has 122 valence electrons. The summed E-state index contributed by atoms with van der Waals surface area (Å²) in [6, 6.07) is 13.9. The molecule has 2 aromatic rings. The minimum atomic E-state index is -2.04. The quantitative estimate of drug-likeness (QED) is 0.467. The van der Waals surface area contributed by atoms with E-state index in [4.69, 9.17) is 51.1 Å². The zero-order valence-corrected chi connectivity index (χ0v) is 15.0. The Morgan fingerprint density at radius 3 is 2.46 bits per heavy atom. The molecule has 1 aliphatic heterocycles. The molecule has 0 radical (unpaired) electrons. The smallest absolute Gasteiger partial charge is 0.413 e. The first-order valence-electron chi connectivity index (χ1n) is 6.77. The monoisotopic (exact) mass is 399 g/mol. The second kappa shape index (κ2) is 6.38. The van der Waals surface area contributed by atoms with Gasteiger partial charge in [0.2, 0.25) is 9.39 Å². The maximum atomic E-state index is 12.0. The van der Waals surface area contributed by atoms with Crippen LogP contribution < -0.4 is 5.32 Å². The lowest BCUT2D eigenvalue weighted by Gasteiger charge is -2.39. The Kier molecular flexibility index (Phi) is 4.59. The van der Waals surface area contributed by atoms with Crippen molar-refractivity contribution < 1.29 is 9.53 Å². The molecule has 3 rings (SSSR count). The molecular weight excluding hydrogens is 392 g/mol. The van der Waals surface area contributed by atoms with E-state index in [-0.39, 0.29) is 0 Å². The molecule has 24 heavy (non-hydrogen) atoms. The maximum Gasteiger partial charge on any atom is 0.413 e. The van der Waals surface area contributed by atoms with Gasteiger partial charge in [-0.25, -0.2) is 4.79 Å². The predicted octanol–water partition coefficient (Wildman–Crippen LogP) is 5.52. The van der Waals surface area contributed by atoms with Gasteiger partial charge in [0.15, 0.2) is 0 Å². The number of carbonyl (C=O) groups excluding carboxylic acids is 1. The topological polar surface area (TPSA) is 38.3 Å². The average molecular weight is 401 g/mol. The fraction of sp³-hybridized carbons (Fsp3) is 0.118. The van der Waals surface area contributed by atoms with Crippen LogP contribution in [0.25, 0.3) is 0 Å². The summed E-state index contributed by atoms with van der Waals surface area (Å²) in [5.74, 6) is 5.71. The highest BCUT2D eigenvalue weighted by Crippen LogP contribution is 2.51. The van der Waals surface area contributed by atoms with E-state index in [1.807, 2.05) is 18.2 Å². The number of benzene rings is 2. The van der Waals surface area contributed by atoms with Crippen LogP contribution in [0.4, 0.5) is 10.5 Å². The van der Waals surface area contributed by atoms with Gasteiger partial charge >= 0.3 is 6.09 Å². The lowest BCUT2D eigenvalue weighted by Crippen LogP contribution is -2.47. The van der Waals surface area contributed by atoms with Crippen molar-refractivity contribution in [3.63, 3.8) is 0 Å². The van der Waals surface area contributed by atoms with E-state index in [0.29, 0.717) is 21.8 Å². The van der Waals surface area contributed by atoms with Crippen LogP contribution in [0.2, 0.25) is 5.02 Å². The van der Waals surface area contributed by atoms with E-state index in [1.165, 1.54) is 0 Å². The first-order chi connectivity index (χ1) is 11.3. The molecule has 7 heteroatoms. The minimum Gasteiger partial charge on any atom is -0.420 e. The molecule has 0 bridgehead atoms. The number of rotatable bonds is 0. The molecule has 1 amide bonds. The molecular formula is C17H9Cl4NO2. The summed E-state index contributed by atoms with van der Waals surface area (Å²) < 4.78 is 3.33. The fourth-order valence-corrected chi connectivity index (χ4v) is 3.04. The normalized spacial score (nSPS) is 19.4. The number of hydrogen-bond donors (Lipinski definition) is 1. The Balaban J connectivity index is 2.23. The minimum absolute atomic E-state index is 0.373. The molecule has 1 atom stereocenters. The van der Waals surface area contributed by atoms with Crippen LogP contribution in [0.1, 0.15) is 11.1 Å². The van der Waals surface area contributed by atoms with Crippen molar-refractivity contribution >= 4 is 58.2 Å². The zero-order valence-electron chi connectivity index (χ0n) is 11.9. The van der Waals surface area contributed by atoms with Gasteiger partial charge in [-0.2, -0.15) is 0 Å². The van der Waals surface area contributed by atoms with Crippen LogP contribution in [0, 0.1) is 11.8 Å². The molecule has 1 N–H and O–H groups in total. The van der Waals surface area contributed by atoms with Gasteiger partial charge in [-0.1, -0.05) is 70.5 Å². The summed E-state index contributed by atoms with van der Waals surface area (Å²) in [5, 5.41) is 2.95. The van der Waals surface area contributed by atoms with Gasteiger partial charge in [0.1, 0.15) is 0 Å². The number of alkyl halides is 3. The molecule has 1 aliphatic rings. The van der Waals surface area contributed by atoms with Crippen molar-refractivity contribution in [1.29, 1.82) is 0 Å². The van der Waals surface area contributed by atoms with Gasteiger partial charge < -0.3 is 4.74 Å². The molecule has 0 saturated heterocycles. The number of halogens is 4. The summed E-state index contributed by atoms with van der Waals surface area (Å²) >= 11 is 24.5. The molecule has 3 nitrogen and oxygen atoms in total. The van der Waals surface area contributed by atoms with E-state index in [9.17, 15) is 4.79 Å². The summed E-state index contributed by atoms with van der Waals surface area (Å²) in [7, 11) is 0. The SMILES string of the molecule is O=C1Nc2ccc(Cl)cc2C(C#Cc2ccccc2)(C(Cl)(Cl)Cl)O1. The van der Waals surface area contributed by atoms with Crippen molar-refractivity contribution in [3.05, 3.63) is 64.7 Å². The molecule has 1 heterocycles. The molecule has 2 aromatic carbocycles. The summed E-state index contributed by atoms with van der Waals surface area (Å²) in [5.41, 5.74) is -0.317. The van der Waals surface area contributed by atoms with E-state index in [1.54, 1.807) is 30.3 Å². The van der Waals surface area contributed by atoms with Gasteiger partial charge in [0.05, 0.1) is 5.69 Å². The fourth-order valence-electron chi connectivity index (χ4n) is 2.30. The van der Waals surface area contributed by atoms with Crippen molar-refractivity contribution in [1.82, 2.24) is 0 Å². The number of ether oxygens (including phenoxy) is 1. The van der Waals surface area contributed by atoms with Crippen LogP contribution in [0.15, 0.2) is 48.5 Å². The van der Waals surface area contributed by atoms with Crippen LogP contribution in [-0.4, -0.2) is 9.89 Å². The Morgan fingerprint density at radius 1 is 1.08 bits per heavy atom. The second-order valence-electron chi connectivity index (χ2n) is 5.00. The predicted molar refractivity (Wildman–Crippen MR) is 96.8 cm³/mol. The molecule has 0 spiro atoms. The number of amides is 1. The highest BCUT2D eigenvalue weighted by Gasteiger charge is 2.56. The highest BCUT2D eigenvalue weighted by molar-refractivity contribution is 6.68. The van der Waals surface area contributed by atoms with Crippen molar-refractivity contribution in [2.45, 2.75) is 9.39 Å². The number of fused-ring (bicyclic) bond motifs is 1. The third-order valence-electron chi connectivity index (χ3n) is 3.40. The van der Waals surface area contributed by atoms with Crippen LogP contribution in [0.3, 0.4) is 0 Å². The number of nitrogens with one attached hydrogen (secondary N) is 1. The van der Waals surface area contributed by atoms with Crippen molar-refractivity contribution in [3.8, 4) is 11.8 Å². The van der Waals surface area contributed by atoms with Gasteiger partial charge in [0, 0.05) is 16.1 Å². The Labute approximate surface area is 158 Å². The third-order valence-corrected chi connectivity index (χ3v) is 4.43. The standard InChI is InChI=1S/C17H9Cl4NO2/c18-12-6-7-14-13(10-12)16(17(19,20)21,24-15(23)22-14)9-8-11-4-2-1-3-5-11/h1-7,10H,(H,22,23). The van der Waals surface area contributed by atoms with Crippen LogP contribution >= 0.6 is 46.4 Å². The maximum absolute atomic E-state index is 12.0. The largest absolute Gasteiger partial charge is 0.420 e. The van der Waals surface area contributed by atoms with Gasteiger partial charge in [-0.05, 0) is 36.3 Å². The van der Waals surface area contributed by atoms with E-state index in [2.05, 4.69) is 17.2 Å². The molecule has 0 aliphatic carbocycles.